The number of rotatable bonds is 3. The predicted octanol–water partition coefficient (Wildman–Crippen LogP) is 0.543. The van der Waals surface area contributed by atoms with E-state index in [0.717, 1.165) is 36.6 Å². The zero-order chi connectivity index (χ0) is 14.2. The number of nitrogens with two attached hydrogens (primary N) is 1. The van der Waals surface area contributed by atoms with Gasteiger partial charge in [-0.1, -0.05) is 0 Å². The molecule has 0 spiro atoms. The molecule has 1 unspecified atom stereocenters. The van der Waals surface area contributed by atoms with Crippen molar-refractivity contribution in [2.75, 3.05) is 32.1 Å². The zero-order valence-electron chi connectivity index (χ0n) is 12.3. The number of hydrogen-bond acceptors (Lipinski definition) is 4. The molecule has 1 saturated heterocycles. The van der Waals surface area contributed by atoms with Crippen LogP contribution in [0.15, 0.2) is 0 Å². The van der Waals surface area contributed by atoms with Crippen molar-refractivity contribution in [3.8, 4) is 0 Å². The number of piperidine rings is 1. The van der Waals surface area contributed by atoms with Crippen LogP contribution in [0.1, 0.15) is 24.1 Å². The topological polar surface area (TPSA) is 74.2 Å². The Morgan fingerprint density at radius 2 is 2.16 bits per heavy atom. The number of aryl methyl sites for hydroxylation is 2. The van der Waals surface area contributed by atoms with E-state index in [1.165, 1.54) is 6.42 Å². The van der Waals surface area contributed by atoms with E-state index < -0.39 is 0 Å². The van der Waals surface area contributed by atoms with Crippen LogP contribution >= 0.6 is 0 Å². The van der Waals surface area contributed by atoms with Gasteiger partial charge in [0, 0.05) is 26.2 Å². The van der Waals surface area contributed by atoms with E-state index >= 15 is 0 Å². The van der Waals surface area contributed by atoms with Gasteiger partial charge >= 0.3 is 0 Å². The van der Waals surface area contributed by atoms with Crippen molar-refractivity contribution in [2.45, 2.75) is 25.8 Å². The van der Waals surface area contributed by atoms with Crippen molar-refractivity contribution in [2.24, 2.45) is 12.8 Å². The van der Waals surface area contributed by atoms with Gasteiger partial charge in [-0.25, -0.2) is 0 Å². The van der Waals surface area contributed by atoms with Crippen LogP contribution in [-0.2, 0) is 7.05 Å². The van der Waals surface area contributed by atoms with Crippen LogP contribution in [0.4, 0.5) is 5.82 Å². The molecule has 1 aromatic rings. The van der Waals surface area contributed by atoms with Crippen LogP contribution in [0.2, 0.25) is 0 Å². The molecule has 1 aliphatic heterocycles. The number of nitrogens with zero attached hydrogens (tertiary/aromatic N) is 4. The fourth-order valence-electron chi connectivity index (χ4n) is 2.89. The molecule has 0 amide bonds. The summed E-state index contributed by atoms with van der Waals surface area (Å²) in [6, 6.07) is 0.545. The predicted molar refractivity (Wildman–Crippen MR) is 77.9 cm³/mol. The maximum atomic E-state index is 7.77. The summed E-state index contributed by atoms with van der Waals surface area (Å²) >= 11 is 0. The number of nitrogens with one attached hydrogen (secondary N) is 1. The fraction of sp³-hybridized carbons (Fsp3) is 0.692. The third kappa shape index (κ3) is 2.58. The molecule has 2 heterocycles. The van der Waals surface area contributed by atoms with Gasteiger partial charge < -0.3 is 15.5 Å². The lowest BCUT2D eigenvalue weighted by Gasteiger charge is -2.37. The molecule has 106 valence electrons. The summed E-state index contributed by atoms with van der Waals surface area (Å²) in [4.78, 5) is 4.58. The van der Waals surface area contributed by atoms with Gasteiger partial charge in [-0.2, -0.15) is 5.10 Å². The molecule has 3 N–H and O–H groups in total. The summed E-state index contributed by atoms with van der Waals surface area (Å²) in [6.07, 6.45) is 2.38. The lowest BCUT2D eigenvalue weighted by molar-refractivity contribution is 0.257. The van der Waals surface area contributed by atoms with E-state index in [-0.39, 0.29) is 5.84 Å². The van der Waals surface area contributed by atoms with Crippen molar-refractivity contribution in [1.29, 1.82) is 5.41 Å². The van der Waals surface area contributed by atoms with Gasteiger partial charge in [0.15, 0.2) is 0 Å². The molecule has 6 heteroatoms. The van der Waals surface area contributed by atoms with E-state index in [0.29, 0.717) is 6.04 Å². The van der Waals surface area contributed by atoms with Crippen LogP contribution in [0, 0.1) is 12.3 Å². The summed E-state index contributed by atoms with van der Waals surface area (Å²) in [5, 5.41) is 12.2. The van der Waals surface area contributed by atoms with Crippen molar-refractivity contribution in [3.05, 3.63) is 11.3 Å². The Morgan fingerprint density at radius 1 is 1.47 bits per heavy atom. The second-order valence-electron chi connectivity index (χ2n) is 5.53. The highest BCUT2D eigenvalue weighted by atomic mass is 15.4. The highest BCUT2D eigenvalue weighted by molar-refractivity contribution is 6.00. The van der Waals surface area contributed by atoms with Crippen LogP contribution in [-0.4, -0.2) is 53.7 Å². The van der Waals surface area contributed by atoms with Gasteiger partial charge in [0.05, 0.1) is 11.3 Å². The van der Waals surface area contributed by atoms with Crippen LogP contribution in [0.5, 0.6) is 0 Å². The van der Waals surface area contributed by atoms with Gasteiger partial charge in [0.1, 0.15) is 11.7 Å². The molecule has 19 heavy (non-hydrogen) atoms. The smallest absolute Gasteiger partial charge is 0.137 e. The molecular formula is C13H24N6. The molecule has 1 fully saturated rings. The van der Waals surface area contributed by atoms with Crippen LogP contribution in [0.25, 0.3) is 0 Å². The average Bonchev–Trinajstić information content (AvgIpc) is 2.64. The molecule has 0 radical (unpaired) electrons. The SMILES string of the molecule is Cc1nn(C)c(N2CCCC(N(C)C)C2)c1C(=N)N. The molecule has 6 nitrogen and oxygen atoms in total. The molecule has 0 bridgehead atoms. The number of likely N-dealkylation sites (N-methyl/N-ethyl adjacent to an activating group) is 1. The Bertz CT molecular complexity index is 476. The van der Waals surface area contributed by atoms with E-state index in [4.69, 9.17) is 11.1 Å². The molecule has 0 saturated carbocycles. The average molecular weight is 264 g/mol. The number of hydrogen-bond donors (Lipinski definition) is 2. The number of anilines is 1. The molecule has 2 rings (SSSR count). The van der Waals surface area contributed by atoms with Crippen LogP contribution in [0.3, 0.4) is 0 Å². The van der Waals surface area contributed by atoms with E-state index in [1.54, 1.807) is 0 Å². The van der Waals surface area contributed by atoms with Crippen molar-refractivity contribution < 1.29 is 0 Å². The lowest BCUT2D eigenvalue weighted by atomic mass is 10.0. The first-order chi connectivity index (χ1) is 8.91. The minimum absolute atomic E-state index is 0.104. The summed E-state index contributed by atoms with van der Waals surface area (Å²) in [5.41, 5.74) is 7.33. The monoisotopic (exact) mass is 264 g/mol. The van der Waals surface area contributed by atoms with Crippen LogP contribution < -0.4 is 10.6 Å². The van der Waals surface area contributed by atoms with E-state index in [1.807, 2.05) is 18.7 Å². The quantitative estimate of drug-likeness (QED) is 0.617. The van der Waals surface area contributed by atoms with E-state index in [2.05, 4.69) is 29.0 Å². The van der Waals surface area contributed by atoms with Crippen molar-refractivity contribution in [3.63, 3.8) is 0 Å². The molecular weight excluding hydrogens is 240 g/mol. The van der Waals surface area contributed by atoms with Crippen molar-refractivity contribution >= 4 is 11.7 Å². The second-order valence-corrected chi connectivity index (χ2v) is 5.53. The molecule has 0 aliphatic carbocycles. The summed E-state index contributed by atoms with van der Waals surface area (Å²) in [5.74, 6) is 1.09. The number of amidine groups is 1. The Kier molecular flexibility index (Phi) is 3.80. The van der Waals surface area contributed by atoms with Gasteiger partial charge in [-0.05, 0) is 33.9 Å². The van der Waals surface area contributed by atoms with Gasteiger partial charge in [-0.3, -0.25) is 10.1 Å². The summed E-state index contributed by atoms with van der Waals surface area (Å²) in [7, 11) is 6.16. The molecule has 1 aliphatic rings. The standard InChI is InChI=1S/C13H24N6/c1-9-11(12(14)15)13(18(4)16-9)19-7-5-6-10(8-19)17(2)3/h10H,5-8H2,1-4H3,(H3,14,15). The third-order valence-electron chi connectivity index (χ3n) is 3.89. The minimum atomic E-state index is 0.104. The summed E-state index contributed by atoms with van der Waals surface area (Å²) < 4.78 is 1.85. The number of nitrogen functional groups attached to an aromatic ring is 1. The Morgan fingerprint density at radius 3 is 2.74 bits per heavy atom. The Labute approximate surface area is 114 Å². The highest BCUT2D eigenvalue weighted by Gasteiger charge is 2.27. The fourth-order valence-corrected chi connectivity index (χ4v) is 2.89. The molecule has 0 aromatic carbocycles. The largest absolute Gasteiger partial charge is 0.384 e. The molecule has 1 aromatic heterocycles. The zero-order valence-corrected chi connectivity index (χ0v) is 12.3. The van der Waals surface area contributed by atoms with Gasteiger partial charge in [0.2, 0.25) is 0 Å². The first-order valence-electron chi connectivity index (χ1n) is 6.71. The van der Waals surface area contributed by atoms with E-state index in [9.17, 15) is 0 Å². The maximum absolute atomic E-state index is 7.77. The second kappa shape index (κ2) is 5.21. The highest BCUT2D eigenvalue weighted by Crippen LogP contribution is 2.26. The third-order valence-corrected chi connectivity index (χ3v) is 3.89. The molecule has 1 atom stereocenters. The van der Waals surface area contributed by atoms with Gasteiger partial charge in [0.25, 0.3) is 0 Å². The Hall–Kier alpha value is -1.56. The summed E-state index contributed by atoms with van der Waals surface area (Å²) in [6.45, 7) is 3.88. The van der Waals surface area contributed by atoms with Crippen molar-refractivity contribution in [1.82, 2.24) is 14.7 Å². The first kappa shape index (κ1) is 13.9. The normalized spacial score (nSPS) is 20.1. The minimum Gasteiger partial charge on any atom is -0.384 e. The first-order valence-corrected chi connectivity index (χ1v) is 6.71. The maximum Gasteiger partial charge on any atom is 0.137 e. The lowest BCUT2D eigenvalue weighted by Crippen LogP contribution is -2.46. The Balaban J connectivity index is 2.33. The van der Waals surface area contributed by atoms with Gasteiger partial charge in [-0.15, -0.1) is 0 Å². The number of aromatic nitrogens is 2.